The number of esters is 1. The van der Waals surface area contributed by atoms with Gasteiger partial charge in [0.1, 0.15) is 17.0 Å². The fourth-order valence-electron chi connectivity index (χ4n) is 7.64. The van der Waals surface area contributed by atoms with Gasteiger partial charge in [-0.05, 0) is 43.6 Å². The Bertz CT molecular complexity index is 907. The average molecular weight is 416 g/mol. The molecule has 0 unspecified atom stereocenters. The maximum Gasteiger partial charge on any atom is 0.303 e. The van der Waals surface area contributed by atoms with E-state index in [1.54, 1.807) is 6.08 Å². The second-order valence-corrected chi connectivity index (χ2v) is 10.4. The minimum atomic E-state index is -1.68. The van der Waals surface area contributed by atoms with Crippen LogP contribution in [-0.4, -0.2) is 52.3 Å². The van der Waals surface area contributed by atoms with Crippen LogP contribution in [0.5, 0.6) is 0 Å². The molecule has 0 aromatic rings. The lowest BCUT2D eigenvalue weighted by Crippen LogP contribution is -2.63. The maximum absolute atomic E-state index is 13.6. The van der Waals surface area contributed by atoms with Crippen molar-refractivity contribution in [2.45, 2.75) is 70.2 Å². The first kappa shape index (κ1) is 20.1. The van der Waals surface area contributed by atoms with Crippen LogP contribution in [0.25, 0.3) is 0 Å². The number of ketones is 3. The molecule has 0 aromatic heterocycles. The molecule has 7 heteroatoms. The van der Waals surface area contributed by atoms with Crippen LogP contribution in [0, 0.1) is 28.6 Å². The number of ether oxygens (including phenoxy) is 2. The van der Waals surface area contributed by atoms with Gasteiger partial charge in [0, 0.05) is 30.1 Å². The van der Waals surface area contributed by atoms with Crippen LogP contribution in [0.2, 0.25) is 0 Å². The van der Waals surface area contributed by atoms with Crippen molar-refractivity contribution in [3.05, 3.63) is 12.2 Å². The van der Waals surface area contributed by atoms with Gasteiger partial charge in [0.05, 0.1) is 0 Å². The average Bonchev–Trinajstić information content (AvgIpc) is 3.36. The van der Waals surface area contributed by atoms with Gasteiger partial charge >= 0.3 is 5.97 Å². The summed E-state index contributed by atoms with van der Waals surface area (Å²) in [4.78, 5) is 49.8. The van der Waals surface area contributed by atoms with Gasteiger partial charge in [0.25, 0.3) is 0 Å². The van der Waals surface area contributed by atoms with Crippen molar-refractivity contribution in [2.75, 3.05) is 6.61 Å². The SMILES string of the molecule is CC(=O)OCC(=O)[C@@]1(O)CC[C@H]2[C@@H]3CC[C@@]45O[C@@H]4C(=O)C=C[C@]5(C)[C@H]3C(=O)C[C@@]21C. The van der Waals surface area contributed by atoms with Crippen LogP contribution in [-0.2, 0) is 28.7 Å². The van der Waals surface area contributed by atoms with E-state index < -0.39 is 46.5 Å². The highest BCUT2D eigenvalue weighted by Crippen LogP contribution is 2.71. The summed E-state index contributed by atoms with van der Waals surface area (Å²) in [5.41, 5.74) is -3.69. The molecule has 5 aliphatic rings. The third-order valence-electron chi connectivity index (χ3n) is 9.24. The molecule has 4 aliphatic carbocycles. The van der Waals surface area contributed by atoms with Crippen LogP contribution >= 0.6 is 0 Å². The number of carbonyl (C=O) groups excluding carboxylic acids is 4. The predicted octanol–water partition coefficient (Wildman–Crippen LogP) is 1.55. The zero-order chi connectivity index (χ0) is 21.7. The van der Waals surface area contributed by atoms with E-state index in [0.717, 1.165) is 6.42 Å². The third kappa shape index (κ3) is 2.18. The van der Waals surface area contributed by atoms with Crippen molar-refractivity contribution >= 4 is 23.3 Å². The Kier molecular flexibility index (Phi) is 3.94. The van der Waals surface area contributed by atoms with Crippen LogP contribution in [0.1, 0.15) is 52.9 Å². The Balaban J connectivity index is 1.49. The lowest BCUT2D eigenvalue weighted by atomic mass is 9.44. The Morgan fingerprint density at radius 2 is 1.97 bits per heavy atom. The highest BCUT2D eigenvalue weighted by molar-refractivity contribution is 5.99. The summed E-state index contributed by atoms with van der Waals surface area (Å²) < 4.78 is 10.8. The van der Waals surface area contributed by atoms with Crippen LogP contribution in [0.4, 0.5) is 0 Å². The number of hydrogen-bond acceptors (Lipinski definition) is 7. The van der Waals surface area contributed by atoms with Crippen molar-refractivity contribution < 1.29 is 33.8 Å². The number of carbonyl (C=O) groups is 4. The fourth-order valence-corrected chi connectivity index (χ4v) is 7.64. The maximum atomic E-state index is 13.6. The molecule has 1 spiro atoms. The molecule has 0 amide bonds. The summed E-state index contributed by atoms with van der Waals surface area (Å²) in [6.07, 6.45) is 5.43. The third-order valence-corrected chi connectivity index (χ3v) is 9.24. The number of epoxide rings is 1. The summed E-state index contributed by atoms with van der Waals surface area (Å²) in [7, 11) is 0. The van der Waals surface area contributed by atoms with Crippen molar-refractivity contribution in [3.63, 3.8) is 0 Å². The van der Waals surface area contributed by atoms with Gasteiger partial charge < -0.3 is 14.6 Å². The van der Waals surface area contributed by atoms with Gasteiger partial charge in [0.2, 0.25) is 5.78 Å². The summed E-state index contributed by atoms with van der Waals surface area (Å²) in [5, 5.41) is 11.4. The minimum Gasteiger partial charge on any atom is -0.458 e. The molecule has 7 nitrogen and oxygen atoms in total. The molecule has 3 saturated carbocycles. The molecule has 1 heterocycles. The zero-order valence-electron chi connectivity index (χ0n) is 17.6. The molecule has 30 heavy (non-hydrogen) atoms. The highest BCUT2D eigenvalue weighted by atomic mass is 16.6. The molecule has 0 radical (unpaired) electrons. The molecule has 0 bridgehead atoms. The molecule has 0 aromatic carbocycles. The second-order valence-electron chi connectivity index (χ2n) is 10.4. The van der Waals surface area contributed by atoms with E-state index in [2.05, 4.69) is 0 Å². The summed E-state index contributed by atoms with van der Waals surface area (Å²) in [5.74, 6) is -1.37. The largest absolute Gasteiger partial charge is 0.458 e. The number of aliphatic hydroxyl groups is 1. The van der Waals surface area contributed by atoms with E-state index in [0.29, 0.717) is 12.8 Å². The molecule has 4 fully saturated rings. The van der Waals surface area contributed by atoms with Crippen LogP contribution in [0.15, 0.2) is 12.2 Å². The lowest BCUT2D eigenvalue weighted by molar-refractivity contribution is -0.176. The van der Waals surface area contributed by atoms with Crippen LogP contribution in [0.3, 0.4) is 0 Å². The number of Topliss-reactive ketones (excluding diaryl/α,β-unsaturated/α-hetero) is 2. The van der Waals surface area contributed by atoms with Crippen molar-refractivity contribution in [1.82, 2.24) is 0 Å². The fraction of sp³-hybridized carbons (Fsp3) is 0.739. The van der Waals surface area contributed by atoms with Gasteiger partial charge in [-0.25, -0.2) is 0 Å². The first-order valence-electron chi connectivity index (χ1n) is 10.8. The van der Waals surface area contributed by atoms with E-state index >= 15 is 0 Å². The summed E-state index contributed by atoms with van der Waals surface area (Å²) in [6, 6.07) is 0. The second kappa shape index (κ2) is 5.88. The first-order chi connectivity index (χ1) is 14.0. The van der Waals surface area contributed by atoms with E-state index in [4.69, 9.17) is 9.47 Å². The number of rotatable bonds is 3. The van der Waals surface area contributed by atoms with Gasteiger partial charge in [0.15, 0.2) is 18.5 Å². The van der Waals surface area contributed by atoms with Gasteiger partial charge in [-0.3, -0.25) is 19.2 Å². The molecule has 1 N–H and O–H groups in total. The van der Waals surface area contributed by atoms with Gasteiger partial charge in [-0.2, -0.15) is 0 Å². The number of fused-ring (bicyclic) bond motifs is 4. The van der Waals surface area contributed by atoms with E-state index in [1.165, 1.54) is 6.92 Å². The van der Waals surface area contributed by atoms with Gasteiger partial charge in [-0.1, -0.05) is 19.9 Å². The summed E-state index contributed by atoms with van der Waals surface area (Å²) in [6.45, 7) is 4.62. The topological polar surface area (TPSA) is 110 Å². The first-order valence-corrected chi connectivity index (χ1v) is 10.8. The molecule has 162 valence electrons. The van der Waals surface area contributed by atoms with Crippen molar-refractivity contribution in [1.29, 1.82) is 0 Å². The quantitative estimate of drug-likeness (QED) is 0.549. The molecular formula is C23H28O7. The normalized spacial score (nSPS) is 50.8. The highest BCUT2D eigenvalue weighted by Gasteiger charge is 2.78. The Morgan fingerprint density at radius 3 is 2.67 bits per heavy atom. The number of hydrogen-bond donors (Lipinski definition) is 1. The molecule has 5 rings (SSSR count). The van der Waals surface area contributed by atoms with E-state index in [-0.39, 0.29) is 42.2 Å². The molecular weight excluding hydrogens is 388 g/mol. The monoisotopic (exact) mass is 416 g/mol. The van der Waals surface area contributed by atoms with E-state index in [9.17, 15) is 24.3 Å². The zero-order valence-corrected chi connectivity index (χ0v) is 17.6. The standard InChI is InChI=1S/C23H28O7/c1-12(24)29-11-17(27)22(28)8-5-14-13-4-9-23-19(30-23)15(25)6-7-20(23,2)18(13)16(26)10-21(14,22)3/h6-7,13-14,18-19,28H,4-5,8-11H2,1-3H3/t13-,14-,18+,19+,20+,21-,22-,23+/m0/s1. The Labute approximate surface area is 175 Å². The molecule has 1 saturated heterocycles. The van der Waals surface area contributed by atoms with Gasteiger partial charge in [-0.15, -0.1) is 0 Å². The Morgan fingerprint density at radius 1 is 1.23 bits per heavy atom. The molecule has 8 atom stereocenters. The van der Waals surface area contributed by atoms with Crippen LogP contribution < -0.4 is 0 Å². The smallest absolute Gasteiger partial charge is 0.303 e. The van der Waals surface area contributed by atoms with Crippen molar-refractivity contribution in [3.8, 4) is 0 Å². The molecule has 1 aliphatic heterocycles. The Hall–Kier alpha value is -1.86. The van der Waals surface area contributed by atoms with Crippen molar-refractivity contribution in [2.24, 2.45) is 28.6 Å². The lowest BCUT2D eigenvalue weighted by Gasteiger charge is -2.57. The predicted molar refractivity (Wildman–Crippen MR) is 103 cm³/mol. The summed E-state index contributed by atoms with van der Waals surface area (Å²) >= 11 is 0. The van der Waals surface area contributed by atoms with E-state index in [1.807, 2.05) is 19.9 Å². The minimum absolute atomic E-state index is 0.00359.